The van der Waals surface area contributed by atoms with Gasteiger partial charge in [0.15, 0.2) is 0 Å². The number of nitrogens with one attached hydrogen (secondary N) is 1. The van der Waals surface area contributed by atoms with Crippen LogP contribution in [0.15, 0.2) is 30.3 Å². The molecule has 0 aliphatic carbocycles. The molecule has 0 amide bonds. The number of methoxy groups -OCH3 is 1. The first kappa shape index (κ1) is 14.2. The zero-order valence-electron chi connectivity index (χ0n) is 10.6. The van der Waals surface area contributed by atoms with Crippen LogP contribution >= 0.6 is 0 Å². The fourth-order valence-electron chi connectivity index (χ4n) is 1.69. The largest absolute Gasteiger partial charge is 0.392 e. The normalized spacial score (nSPS) is 12.6. The smallest absolute Gasteiger partial charge is 0.0667 e. The highest BCUT2D eigenvalue weighted by molar-refractivity contribution is 5.14. The molecule has 0 aliphatic heterocycles. The molecule has 3 heteroatoms. The molecule has 1 atom stereocenters. The van der Waals surface area contributed by atoms with E-state index in [1.165, 1.54) is 5.56 Å². The van der Waals surface area contributed by atoms with Crippen LogP contribution in [0.3, 0.4) is 0 Å². The Morgan fingerprint density at radius 2 is 2.06 bits per heavy atom. The van der Waals surface area contributed by atoms with Gasteiger partial charge in [-0.2, -0.15) is 0 Å². The molecule has 1 aromatic rings. The van der Waals surface area contributed by atoms with Crippen molar-refractivity contribution in [3.05, 3.63) is 35.9 Å². The van der Waals surface area contributed by atoms with Crippen LogP contribution in [0.2, 0.25) is 0 Å². The third-order valence-corrected chi connectivity index (χ3v) is 2.69. The van der Waals surface area contributed by atoms with Gasteiger partial charge in [-0.25, -0.2) is 0 Å². The first-order valence-corrected chi connectivity index (χ1v) is 6.24. The van der Waals surface area contributed by atoms with Crippen molar-refractivity contribution < 1.29 is 9.84 Å². The molecule has 3 nitrogen and oxygen atoms in total. The molecular weight excluding hydrogens is 214 g/mol. The molecule has 0 heterocycles. The minimum absolute atomic E-state index is 0.266. The number of ether oxygens (including phenoxy) is 1. The lowest BCUT2D eigenvalue weighted by molar-refractivity contribution is 0.158. The van der Waals surface area contributed by atoms with Crippen LogP contribution in [-0.4, -0.2) is 38.0 Å². The number of aliphatic hydroxyl groups excluding tert-OH is 1. The highest BCUT2D eigenvalue weighted by Crippen LogP contribution is 2.04. The van der Waals surface area contributed by atoms with Gasteiger partial charge in [-0.05, 0) is 31.4 Å². The summed E-state index contributed by atoms with van der Waals surface area (Å²) in [5.41, 5.74) is 1.28. The SMILES string of the molecule is COCCCNCC(O)CCc1ccccc1. The number of hydrogen-bond acceptors (Lipinski definition) is 3. The second kappa shape index (κ2) is 9.16. The van der Waals surface area contributed by atoms with E-state index in [9.17, 15) is 5.11 Å². The Morgan fingerprint density at radius 1 is 1.29 bits per heavy atom. The average molecular weight is 237 g/mol. The van der Waals surface area contributed by atoms with Crippen LogP contribution in [-0.2, 0) is 11.2 Å². The fraction of sp³-hybridized carbons (Fsp3) is 0.571. The summed E-state index contributed by atoms with van der Waals surface area (Å²) >= 11 is 0. The molecule has 0 saturated carbocycles. The van der Waals surface area contributed by atoms with E-state index >= 15 is 0 Å². The van der Waals surface area contributed by atoms with Crippen molar-refractivity contribution in [3.63, 3.8) is 0 Å². The van der Waals surface area contributed by atoms with Gasteiger partial charge in [0.25, 0.3) is 0 Å². The maximum atomic E-state index is 9.77. The molecular formula is C14H23NO2. The Kier molecular flexibility index (Phi) is 7.63. The van der Waals surface area contributed by atoms with Crippen molar-refractivity contribution in [1.29, 1.82) is 0 Å². The third-order valence-electron chi connectivity index (χ3n) is 2.69. The number of rotatable bonds is 9. The van der Waals surface area contributed by atoms with Crippen LogP contribution in [0.5, 0.6) is 0 Å². The molecule has 17 heavy (non-hydrogen) atoms. The minimum atomic E-state index is -0.266. The first-order chi connectivity index (χ1) is 8.33. The fourth-order valence-corrected chi connectivity index (χ4v) is 1.69. The molecule has 1 aromatic carbocycles. The number of hydrogen-bond donors (Lipinski definition) is 2. The van der Waals surface area contributed by atoms with E-state index in [-0.39, 0.29) is 6.10 Å². The van der Waals surface area contributed by atoms with E-state index in [1.807, 2.05) is 18.2 Å². The van der Waals surface area contributed by atoms with Crippen LogP contribution in [0, 0.1) is 0 Å². The van der Waals surface area contributed by atoms with Gasteiger partial charge in [0, 0.05) is 20.3 Å². The Morgan fingerprint density at radius 3 is 2.76 bits per heavy atom. The highest BCUT2D eigenvalue weighted by atomic mass is 16.5. The molecule has 0 aliphatic rings. The Labute approximate surface area is 104 Å². The summed E-state index contributed by atoms with van der Waals surface area (Å²) < 4.78 is 4.95. The molecule has 1 unspecified atom stereocenters. The van der Waals surface area contributed by atoms with E-state index < -0.39 is 0 Å². The predicted molar refractivity (Wildman–Crippen MR) is 70.1 cm³/mol. The zero-order valence-corrected chi connectivity index (χ0v) is 10.6. The van der Waals surface area contributed by atoms with E-state index in [2.05, 4.69) is 17.4 Å². The van der Waals surface area contributed by atoms with Crippen molar-refractivity contribution in [2.45, 2.75) is 25.4 Å². The second-order valence-electron chi connectivity index (χ2n) is 4.23. The van der Waals surface area contributed by atoms with Crippen molar-refractivity contribution in [2.75, 3.05) is 26.8 Å². The molecule has 1 rings (SSSR count). The lowest BCUT2D eigenvalue weighted by Crippen LogP contribution is -2.28. The van der Waals surface area contributed by atoms with E-state index in [0.29, 0.717) is 6.54 Å². The standard InChI is InChI=1S/C14H23NO2/c1-17-11-5-10-15-12-14(16)9-8-13-6-3-2-4-7-13/h2-4,6-7,14-16H,5,8-12H2,1H3. The Hall–Kier alpha value is -0.900. The Balaban J connectivity index is 2.03. The molecule has 0 spiro atoms. The van der Waals surface area contributed by atoms with Gasteiger partial charge in [0.2, 0.25) is 0 Å². The summed E-state index contributed by atoms with van der Waals surface area (Å²) in [6.07, 6.45) is 2.46. The van der Waals surface area contributed by atoms with Gasteiger partial charge in [-0.3, -0.25) is 0 Å². The van der Waals surface area contributed by atoms with Gasteiger partial charge in [0.05, 0.1) is 6.10 Å². The molecule has 0 radical (unpaired) electrons. The van der Waals surface area contributed by atoms with Crippen LogP contribution in [0.25, 0.3) is 0 Å². The Bertz CT molecular complexity index is 277. The summed E-state index contributed by atoms with van der Waals surface area (Å²) in [6, 6.07) is 10.3. The molecule has 2 N–H and O–H groups in total. The summed E-state index contributed by atoms with van der Waals surface area (Å²) in [5.74, 6) is 0. The number of aliphatic hydroxyl groups is 1. The summed E-state index contributed by atoms with van der Waals surface area (Å²) in [5, 5.41) is 13.0. The third kappa shape index (κ3) is 7.10. The van der Waals surface area contributed by atoms with Crippen molar-refractivity contribution in [2.24, 2.45) is 0 Å². The van der Waals surface area contributed by atoms with E-state index in [0.717, 1.165) is 32.4 Å². The number of benzene rings is 1. The minimum Gasteiger partial charge on any atom is -0.392 e. The van der Waals surface area contributed by atoms with E-state index in [4.69, 9.17) is 4.74 Å². The maximum absolute atomic E-state index is 9.77. The second-order valence-corrected chi connectivity index (χ2v) is 4.23. The molecule has 0 saturated heterocycles. The van der Waals surface area contributed by atoms with Crippen molar-refractivity contribution in [3.8, 4) is 0 Å². The molecule has 0 bridgehead atoms. The first-order valence-electron chi connectivity index (χ1n) is 6.24. The van der Waals surface area contributed by atoms with Crippen molar-refractivity contribution in [1.82, 2.24) is 5.32 Å². The quantitative estimate of drug-likeness (QED) is 0.641. The van der Waals surface area contributed by atoms with Gasteiger partial charge in [-0.1, -0.05) is 30.3 Å². The summed E-state index contributed by atoms with van der Waals surface area (Å²) in [7, 11) is 1.70. The predicted octanol–water partition coefficient (Wildman–Crippen LogP) is 1.61. The van der Waals surface area contributed by atoms with Gasteiger partial charge < -0.3 is 15.2 Å². The molecule has 0 fully saturated rings. The monoisotopic (exact) mass is 237 g/mol. The lowest BCUT2D eigenvalue weighted by atomic mass is 10.1. The van der Waals surface area contributed by atoms with Crippen LogP contribution in [0.4, 0.5) is 0 Å². The number of aryl methyl sites for hydroxylation is 1. The van der Waals surface area contributed by atoms with Gasteiger partial charge >= 0.3 is 0 Å². The summed E-state index contributed by atoms with van der Waals surface area (Å²) in [4.78, 5) is 0. The molecule has 0 aromatic heterocycles. The maximum Gasteiger partial charge on any atom is 0.0667 e. The zero-order chi connectivity index (χ0) is 12.3. The highest BCUT2D eigenvalue weighted by Gasteiger charge is 2.03. The van der Waals surface area contributed by atoms with Crippen molar-refractivity contribution >= 4 is 0 Å². The lowest BCUT2D eigenvalue weighted by Gasteiger charge is -2.11. The van der Waals surface area contributed by atoms with Gasteiger partial charge in [-0.15, -0.1) is 0 Å². The molecule has 96 valence electrons. The van der Waals surface area contributed by atoms with Crippen LogP contribution in [0.1, 0.15) is 18.4 Å². The topological polar surface area (TPSA) is 41.5 Å². The van der Waals surface area contributed by atoms with Gasteiger partial charge in [0.1, 0.15) is 0 Å². The summed E-state index contributed by atoms with van der Waals surface area (Å²) in [6.45, 7) is 2.33. The van der Waals surface area contributed by atoms with Crippen LogP contribution < -0.4 is 5.32 Å². The average Bonchev–Trinajstić information content (AvgIpc) is 2.37. The van der Waals surface area contributed by atoms with E-state index in [1.54, 1.807) is 7.11 Å².